The van der Waals surface area contributed by atoms with E-state index in [4.69, 9.17) is 0 Å². The van der Waals surface area contributed by atoms with Gasteiger partial charge in [-0.2, -0.15) is 0 Å². The minimum atomic E-state index is -0.148. The molecular weight excluding hydrogens is 174 g/mol. The minimum absolute atomic E-state index is 0.148. The van der Waals surface area contributed by atoms with Crippen LogP contribution < -0.4 is 0 Å². The Hall–Kier alpha value is -0.0800. The molecule has 0 spiro atoms. The third-order valence-electron chi connectivity index (χ3n) is 3.40. The van der Waals surface area contributed by atoms with Crippen LogP contribution in [-0.2, 0) is 0 Å². The zero-order valence-corrected chi connectivity index (χ0v) is 9.87. The van der Waals surface area contributed by atoms with Crippen molar-refractivity contribution in [3.8, 4) is 0 Å². The molecule has 2 unspecified atom stereocenters. The second kappa shape index (κ2) is 5.72. The summed E-state index contributed by atoms with van der Waals surface area (Å²) in [5.74, 6) is 1.25. The molecule has 2 atom stereocenters. The van der Waals surface area contributed by atoms with Crippen LogP contribution in [0.15, 0.2) is 0 Å². The summed E-state index contributed by atoms with van der Waals surface area (Å²) in [7, 11) is 0. The van der Waals surface area contributed by atoms with Gasteiger partial charge in [0, 0.05) is 13.1 Å². The van der Waals surface area contributed by atoms with Crippen molar-refractivity contribution in [3.05, 3.63) is 0 Å². The molecule has 1 rings (SSSR count). The first-order valence-electron chi connectivity index (χ1n) is 6.04. The van der Waals surface area contributed by atoms with E-state index in [1.807, 2.05) is 0 Å². The average molecular weight is 199 g/mol. The molecule has 1 aliphatic heterocycles. The molecule has 0 aromatic rings. The normalized spacial score (nSPS) is 26.8. The van der Waals surface area contributed by atoms with Crippen molar-refractivity contribution in [2.75, 3.05) is 19.6 Å². The second-order valence-corrected chi connectivity index (χ2v) is 4.99. The van der Waals surface area contributed by atoms with Crippen molar-refractivity contribution in [2.24, 2.45) is 11.8 Å². The van der Waals surface area contributed by atoms with Crippen LogP contribution in [0.4, 0.5) is 0 Å². The van der Waals surface area contributed by atoms with Gasteiger partial charge in [-0.25, -0.2) is 0 Å². The molecule has 0 amide bonds. The number of aliphatic hydroxyl groups is 1. The fraction of sp³-hybridized carbons (Fsp3) is 1.00. The largest absolute Gasteiger partial charge is 0.392 e. The average Bonchev–Trinajstić information content (AvgIpc) is 2.18. The van der Waals surface area contributed by atoms with Gasteiger partial charge in [-0.15, -0.1) is 0 Å². The summed E-state index contributed by atoms with van der Waals surface area (Å²) < 4.78 is 0. The first-order chi connectivity index (χ1) is 6.63. The third-order valence-corrected chi connectivity index (χ3v) is 3.40. The van der Waals surface area contributed by atoms with Gasteiger partial charge in [-0.05, 0) is 31.2 Å². The molecule has 1 heterocycles. The molecule has 0 aromatic carbocycles. The maximum absolute atomic E-state index is 9.80. The smallest absolute Gasteiger partial charge is 0.0689 e. The monoisotopic (exact) mass is 199 g/mol. The maximum atomic E-state index is 9.80. The molecule has 1 saturated heterocycles. The lowest BCUT2D eigenvalue weighted by atomic mass is 9.95. The van der Waals surface area contributed by atoms with Gasteiger partial charge >= 0.3 is 0 Å². The molecule has 0 bridgehead atoms. The van der Waals surface area contributed by atoms with E-state index in [2.05, 4.69) is 25.7 Å². The predicted molar refractivity (Wildman–Crippen MR) is 60.3 cm³/mol. The molecule has 1 fully saturated rings. The first kappa shape index (κ1) is 12.0. The topological polar surface area (TPSA) is 23.5 Å². The van der Waals surface area contributed by atoms with Gasteiger partial charge in [-0.3, -0.25) is 0 Å². The van der Waals surface area contributed by atoms with Crippen LogP contribution in [-0.4, -0.2) is 35.7 Å². The number of rotatable bonds is 4. The van der Waals surface area contributed by atoms with Crippen LogP contribution in [0.1, 0.15) is 40.0 Å². The zero-order chi connectivity index (χ0) is 10.6. The Labute approximate surface area is 88.3 Å². The highest BCUT2D eigenvalue weighted by Crippen LogP contribution is 2.19. The van der Waals surface area contributed by atoms with Crippen molar-refractivity contribution in [2.45, 2.75) is 46.1 Å². The van der Waals surface area contributed by atoms with Gasteiger partial charge in [0.25, 0.3) is 0 Å². The van der Waals surface area contributed by atoms with E-state index in [1.165, 1.54) is 32.4 Å². The third kappa shape index (κ3) is 3.58. The highest BCUT2D eigenvalue weighted by Gasteiger charge is 2.21. The summed E-state index contributed by atoms with van der Waals surface area (Å²) in [5.41, 5.74) is 0. The summed E-state index contributed by atoms with van der Waals surface area (Å²) in [6.45, 7) is 9.69. The number of aliphatic hydroxyl groups excluding tert-OH is 1. The molecule has 2 heteroatoms. The number of hydrogen-bond donors (Lipinski definition) is 1. The summed E-state index contributed by atoms with van der Waals surface area (Å²) in [5, 5.41) is 9.80. The van der Waals surface area contributed by atoms with Crippen LogP contribution in [0, 0.1) is 11.8 Å². The van der Waals surface area contributed by atoms with Gasteiger partial charge in [0.1, 0.15) is 0 Å². The zero-order valence-electron chi connectivity index (χ0n) is 9.87. The minimum Gasteiger partial charge on any atom is -0.392 e. The lowest BCUT2D eigenvalue weighted by Crippen LogP contribution is -2.41. The lowest BCUT2D eigenvalue weighted by Gasteiger charge is -2.34. The molecule has 14 heavy (non-hydrogen) atoms. The van der Waals surface area contributed by atoms with E-state index in [0.717, 1.165) is 12.5 Å². The van der Waals surface area contributed by atoms with Gasteiger partial charge in [-0.1, -0.05) is 27.2 Å². The van der Waals surface area contributed by atoms with Crippen molar-refractivity contribution >= 4 is 0 Å². The van der Waals surface area contributed by atoms with E-state index in [-0.39, 0.29) is 6.10 Å². The number of nitrogens with zero attached hydrogens (tertiary/aromatic N) is 1. The van der Waals surface area contributed by atoms with E-state index >= 15 is 0 Å². The Kier molecular flexibility index (Phi) is 4.90. The van der Waals surface area contributed by atoms with Gasteiger partial charge < -0.3 is 10.0 Å². The van der Waals surface area contributed by atoms with Crippen molar-refractivity contribution in [3.63, 3.8) is 0 Å². The van der Waals surface area contributed by atoms with Crippen LogP contribution in [0.2, 0.25) is 0 Å². The Balaban J connectivity index is 2.30. The summed E-state index contributed by atoms with van der Waals surface area (Å²) in [6.07, 6.45) is 3.83. The van der Waals surface area contributed by atoms with E-state index < -0.39 is 0 Å². The SMILES string of the molecule is CCC1CCCN(CC(O)C(C)C)C1. The second-order valence-electron chi connectivity index (χ2n) is 4.99. The highest BCUT2D eigenvalue weighted by molar-refractivity contribution is 4.75. The van der Waals surface area contributed by atoms with Crippen LogP contribution >= 0.6 is 0 Å². The van der Waals surface area contributed by atoms with E-state index in [1.54, 1.807) is 0 Å². The summed E-state index contributed by atoms with van der Waals surface area (Å²) in [4.78, 5) is 2.43. The molecule has 0 saturated carbocycles. The molecular formula is C12H25NO. The number of likely N-dealkylation sites (tertiary alicyclic amines) is 1. The molecule has 0 aromatic heterocycles. The Morgan fingerprint density at radius 3 is 2.71 bits per heavy atom. The molecule has 0 aliphatic carbocycles. The summed E-state index contributed by atoms with van der Waals surface area (Å²) >= 11 is 0. The van der Waals surface area contributed by atoms with Crippen LogP contribution in [0.25, 0.3) is 0 Å². The number of piperidine rings is 1. The van der Waals surface area contributed by atoms with Crippen molar-refractivity contribution < 1.29 is 5.11 Å². The Morgan fingerprint density at radius 2 is 2.14 bits per heavy atom. The predicted octanol–water partition coefficient (Wildman–Crippen LogP) is 2.13. The number of hydrogen-bond acceptors (Lipinski definition) is 2. The first-order valence-corrected chi connectivity index (χ1v) is 6.04. The van der Waals surface area contributed by atoms with Crippen molar-refractivity contribution in [1.82, 2.24) is 4.90 Å². The standard InChI is InChI=1S/C12H25NO/c1-4-11-6-5-7-13(8-11)9-12(14)10(2)3/h10-12,14H,4-9H2,1-3H3. The fourth-order valence-corrected chi connectivity index (χ4v) is 2.13. The molecule has 1 aliphatic rings. The van der Waals surface area contributed by atoms with E-state index in [9.17, 15) is 5.11 Å². The lowest BCUT2D eigenvalue weighted by molar-refractivity contribution is 0.0563. The molecule has 1 N–H and O–H groups in total. The van der Waals surface area contributed by atoms with Gasteiger partial charge in [0.05, 0.1) is 6.10 Å². The Morgan fingerprint density at radius 1 is 1.43 bits per heavy atom. The number of β-amino-alcohol motifs (C(OH)–C–C–N with tert-alkyl or cyclic N) is 1. The van der Waals surface area contributed by atoms with Gasteiger partial charge in [0.2, 0.25) is 0 Å². The maximum Gasteiger partial charge on any atom is 0.0689 e. The van der Waals surface area contributed by atoms with Crippen LogP contribution in [0.5, 0.6) is 0 Å². The summed E-state index contributed by atoms with van der Waals surface area (Å²) in [6, 6.07) is 0. The van der Waals surface area contributed by atoms with Gasteiger partial charge in [0.15, 0.2) is 0 Å². The molecule has 2 nitrogen and oxygen atoms in total. The highest BCUT2D eigenvalue weighted by atomic mass is 16.3. The Bertz CT molecular complexity index is 158. The van der Waals surface area contributed by atoms with E-state index in [0.29, 0.717) is 5.92 Å². The fourth-order valence-electron chi connectivity index (χ4n) is 2.13. The van der Waals surface area contributed by atoms with Crippen LogP contribution in [0.3, 0.4) is 0 Å². The van der Waals surface area contributed by atoms with Crippen molar-refractivity contribution in [1.29, 1.82) is 0 Å². The quantitative estimate of drug-likeness (QED) is 0.749. The molecule has 84 valence electrons. The molecule has 0 radical (unpaired) electrons.